The second-order valence-electron chi connectivity index (χ2n) is 4.41. The van der Waals surface area contributed by atoms with Gasteiger partial charge in [-0.05, 0) is 45.1 Å². The molecule has 6 heteroatoms. The third-order valence-electron chi connectivity index (χ3n) is 3.15. The Morgan fingerprint density at radius 2 is 2.00 bits per heavy atom. The number of nitrogens with zero attached hydrogens (tertiary/aromatic N) is 2. The van der Waals surface area contributed by atoms with Crippen molar-refractivity contribution in [3.63, 3.8) is 0 Å². The van der Waals surface area contributed by atoms with Crippen LogP contribution in [-0.4, -0.2) is 35.8 Å². The van der Waals surface area contributed by atoms with E-state index >= 15 is 0 Å². The van der Waals surface area contributed by atoms with E-state index in [1.165, 1.54) is 0 Å². The quantitative estimate of drug-likeness (QED) is 0.847. The van der Waals surface area contributed by atoms with Gasteiger partial charge in [0.15, 0.2) is 5.78 Å². The van der Waals surface area contributed by atoms with Crippen LogP contribution >= 0.6 is 24.8 Å². The van der Waals surface area contributed by atoms with E-state index < -0.39 is 0 Å². The fraction of sp³-hybridized carbons (Fsp3) is 0.500. The molecule has 2 N–H and O–H groups in total. The number of rotatable bonds is 2. The van der Waals surface area contributed by atoms with Crippen molar-refractivity contribution in [3.05, 3.63) is 23.9 Å². The lowest BCUT2D eigenvalue weighted by atomic mass is 9.89. The number of hydrogen-bond donors (Lipinski definition) is 1. The van der Waals surface area contributed by atoms with Crippen LogP contribution in [0.2, 0.25) is 0 Å². The molecule has 1 aromatic heterocycles. The molecule has 2 heterocycles. The van der Waals surface area contributed by atoms with Gasteiger partial charge < -0.3 is 10.6 Å². The van der Waals surface area contributed by atoms with Crippen LogP contribution in [0.5, 0.6) is 0 Å². The molecular formula is C12H19Cl2N3O. The summed E-state index contributed by atoms with van der Waals surface area (Å²) in [6.07, 6.45) is 3.48. The van der Waals surface area contributed by atoms with Crippen molar-refractivity contribution in [1.82, 2.24) is 9.88 Å². The molecule has 0 amide bonds. The first-order valence-corrected chi connectivity index (χ1v) is 5.61. The molecule has 2 rings (SSSR count). The minimum Gasteiger partial charge on any atom is -0.384 e. The van der Waals surface area contributed by atoms with Crippen LogP contribution in [0, 0.1) is 5.92 Å². The summed E-state index contributed by atoms with van der Waals surface area (Å²) in [5.74, 6) is 0.777. The van der Waals surface area contributed by atoms with Crippen LogP contribution < -0.4 is 5.73 Å². The Balaban J connectivity index is 0.00000144. The summed E-state index contributed by atoms with van der Waals surface area (Å²) in [6.45, 7) is 1.99. The highest BCUT2D eigenvalue weighted by molar-refractivity contribution is 5.98. The van der Waals surface area contributed by atoms with Gasteiger partial charge in [0, 0.05) is 17.7 Å². The lowest BCUT2D eigenvalue weighted by Gasteiger charge is -2.27. The number of carbonyl (C=O) groups excluding carboxylic acids is 1. The Morgan fingerprint density at radius 1 is 1.39 bits per heavy atom. The smallest absolute Gasteiger partial charge is 0.166 e. The van der Waals surface area contributed by atoms with E-state index in [-0.39, 0.29) is 36.5 Å². The van der Waals surface area contributed by atoms with E-state index in [0.717, 1.165) is 25.9 Å². The van der Waals surface area contributed by atoms with Crippen LogP contribution in [0.15, 0.2) is 18.3 Å². The molecule has 1 fully saturated rings. The first-order valence-electron chi connectivity index (χ1n) is 5.61. The van der Waals surface area contributed by atoms with E-state index in [1.807, 2.05) is 0 Å². The number of Topliss-reactive ketones (excluding diaryl/α,β-unsaturated/α-hetero) is 1. The first kappa shape index (κ1) is 17.2. The molecule has 0 radical (unpaired) electrons. The lowest BCUT2D eigenvalue weighted by molar-refractivity contribution is 0.0857. The van der Waals surface area contributed by atoms with Crippen molar-refractivity contribution in [3.8, 4) is 0 Å². The van der Waals surface area contributed by atoms with Gasteiger partial charge in [0.1, 0.15) is 5.82 Å². The van der Waals surface area contributed by atoms with E-state index in [4.69, 9.17) is 5.73 Å². The van der Waals surface area contributed by atoms with Gasteiger partial charge in [0.05, 0.1) is 0 Å². The van der Waals surface area contributed by atoms with E-state index in [2.05, 4.69) is 16.9 Å². The van der Waals surface area contributed by atoms with Crippen molar-refractivity contribution < 1.29 is 4.79 Å². The number of likely N-dealkylation sites (tertiary alicyclic amines) is 1. The highest BCUT2D eigenvalue weighted by Crippen LogP contribution is 2.21. The molecule has 0 spiro atoms. The molecule has 0 aromatic carbocycles. The summed E-state index contributed by atoms with van der Waals surface area (Å²) >= 11 is 0. The first-order chi connectivity index (χ1) is 7.66. The maximum Gasteiger partial charge on any atom is 0.166 e. The van der Waals surface area contributed by atoms with Crippen LogP contribution in [-0.2, 0) is 0 Å². The van der Waals surface area contributed by atoms with Crippen LogP contribution in [0.4, 0.5) is 5.82 Å². The molecule has 0 atom stereocenters. The van der Waals surface area contributed by atoms with E-state index in [1.54, 1.807) is 18.3 Å². The molecule has 0 saturated carbocycles. The topological polar surface area (TPSA) is 59.2 Å². The minimum absolute atomic E-state index is 0. The summed E-state index contributed by atoms with van der Waals surface area (Å²) in [5.41, 5.74) is 6.27. The van der Waals surface area contributed by atoms with Crippen molar-refractivity contribution in [2.24, 2.45) is 5.92 Å². The van der Waals surface area contributed by atoms with Crippen molar-refractivity contribution in [2.75, 3.05) is 25.9 Å². The second kappa shape index (κ2) is 7.56. The molecule has 1 saturated heterocycles. The standard InChI is InChI=1S/C12H17N3O.2ClH/c1-15-6-3-9(4-7-15)12(16)10-2-5-14-11(13)8-10;;/h2,5,8-9H,3-4,6-7H2,1H3,(H2,13,14);2*1H. The van der Waals surface area contributed by atoms with Gasteiger partial charge in [0.25, 0.3) is 0 Å². The zero-order chi connectivity index (χ0) is 11.5. The predicted molar refractivity (Wildman–Crippen MR) is 77.7 cm³/mol. The van der Waals surface area contributed by atoms with Gasteiger partial charge in [-0.15, -0.1) is 24.8 Å². The van der Waals surface area contributed by atoms with Gasteiger partial charge >= 0.3 is 0 Å². The Labute approximate surface area is 120 Å². The van der Waals surface area contributed by atoms with E-state index in [0.29, 0.717) is 11.4 Å². The highest BCUT2D eigenvalue weighted by atomic mass is 35.5. The van der Waals surface area contributed by atoms with E-state index in [9.17, 15) is 4.79 Å². The molecule has 1 aliphatic rings. The molecule has 1 aromatic rings. The third kappa shape index (κ3) is 4.12. The van der Waals surface area contributed by atoms with Gasteiger partial charge in [-0.25, -0.2) is 4.98 Å². The Bertz CT molecular complexity index is 393. The number of pyridine rings is 1. The molecule has 0 bridgehead atoms. The maximum absolute atomic E-state index is 12.2. The van der Waals surface area contributed by atoms with Gasteiger partial charge in [-0.1, -0.05) is 0 Å². The zero-order valence-corrected chi connectivity index (χ0v) is 12.0. The molecule has 102 valence electrons. The molecule has 0 aliphatic carbocycles. The summed E-state index contributed by atoms with van der Waals surface area (Å²) < 4.78 is 0. The normalized spacial score (nSPS) is 16.5. The fourth-order valence-corrected chi connectivity index (χ4v) is 2.11. The second-order valence-corrected chi connectivity index (χ2v) is 4.41. The largest absolute Gasteiger partial charge is 0.384 e. The zero-order valence-electron chi connectivity index (χ0n) is 10.3. The van der Waals surface area contributed by atoms with Gasteiger partial charge in [-0.3, -0.25) is 4.79 Å². The van der Waals surface area contributed by atoms with Crippen LogP contribution in [0.3, 0.4) is 0 Å². The van der Waals surface area contributed by atoms with Gasteiger partial charge in [0.2, 0.25) is 0 Å². The number of hydrogen-bond acceptors (Lipinski definition) is 4. The number of nitrogen functional groups attached to an aromatic ring is 1. The molecule has 18 heavy (non-hydrogen) atoms. The third-order valence-corrected chi connectivity index (χ3v) is 3.15. The lowest BCUT2D eigenvalue weighted by Crippen LogP contribution is -2.33. The summed E-state index contributed by atoms with van der Waals surface area (Å²) in [4.78, 5) is 18.3. The number of halogens is 2. The number of anilines is 1. The number of ketones is 1. The van der Waals surface area contributed by atoms with Gasteiger partial charge in [-0.2, -0.15) is 0 Å². The summed E-state index contributed by atoms with van der Waals surface area (Å²) in [7, 11) is 2.09. The highest BCUT2D eigenvalue weighted by Gasteiger charge is 2.24. The fourth-order valence-electron chi connectivity index (χ4n) is 2.11. The maximum atomic E-state index is 12.2. The van der Waals surface area contributed by atoms with Crippen molar-refractivity contribution >= 4 is 36.4 Å². The Kier molecular flexibility index (Phi) is 7.21. The van der Waals surface area contributed by atoms with Crippen molar-refractivity contribution in [1.29, 1.82) is 0 Å². The van der Waals surface area contributed by atoms with Crippen LogP contribution in [0.25, 0.3) is 0 Å². The molecule has 1 aliphatic heterocycles. The number of nitrogens with two attached hydrogens (primary N) is 1. The SMILES string of the molecule is CN1CCC(C(=O)c2ccnc(N)c2)CC1.Cl.Cl. The monoisotopic (exact) mass is 291 g/mol. The molecule has 4 nitrogen and oxygen atoms in total. The predicted octanol–water partition coefficient (Wildman–Crippen LogP) is 2.03. The average molecular weight is 292 g/mol. The number of carbonyl (C=O) groups is 1. The van der Waals surface area contributed by atoms with Crippen LogP contribution in [0.1, 0.15) is 23.2 Å². The Hall–Kier alpha value is -0.840. The number of aromatic nitrogens is 1. The number of piperidine rings is 1. The average Bonchev–Trinajstić information content (AvgIpc) is 2.29. The summed E-state index contributed by atoms with van der Waals surface area (Å²) in [6, 6.07) is 3.41. The molecular weight excluding hydrogens is 273 g/mol. The Morgan fingerprint density at radius 3 is 2.56 bits per heavy atom. The molecule has 0 unspecified atom stereocenters. The van der Waals surface area contributed by atoms with Crippen molar-refractivity contribution in [2.45, 2.75) is 12.8 Å². The summed E-state index contributed by atoms with van der Waals surface area (Å²) in [5, 5.41) is 0. The minimum atomic E-state index is 0.